The lowest BCUT2D eigenvalue weighted by Gasteiger charge is -2.38. The SMILES string of the molecule is COc1ccc(C2(CN)CCCN2C(=O)OC(C)(C)C)cc1. The number of likely N-dealkylation sites (tertiary alicyclic amines) is 1. The van der Waals surface area contributed by atoms with Crippen molar-refractivity contribution >= 4 is 6.09 Å². The first-order valence-corrected chi connectivity index (χ1v) is 7.67. The van der Waals surface area contributed by atoms with Crippen LogP contribution in [-0.2, 0) is 10.3 Å². The largest absolute Gasteiger partial charge is 0.497 e. The van der Waals surface area contributed by atoms with E-state index < -0.39 is 11.1 Å². The van der Waals surface area contributed by atoms with Gasteiger partial charge in [0, 0.05) is 13.1 Å². The molecule has 1 aromatic rings. The van der Waals surface area contributed by atoms with Crippen molar-refractivity contribution in [2.24, 2.45) is 5.73 Å². The van der Waals surface area contributed by atoms with Crippen LogP contribution in [0.15, 0.2) is 24.3 Å². The predicted molar refractivity (Wildman–Crippen MR) is 85.9 cm³/mol. The minimum atomic E-state index is -0.514. The summed E-state index contributed by atoms with van der Waals surface area (Å²) in [5.74, 6) is 0.790. The number of hydrogen-bond donors (Lipinski definition) is 1. The summed E-state index contributed by atoms with van der Waals surface area (Å²) >= 11 is 0. The molecule has 1 fully saturated rings. The summed E-state index contributed by atoms with van der Waals surface area (Å²) in [5, 5.41) is 0. The van der Waals surface area contributed by atoms with E-state index in [-0.39, 0.29) is 6.09 Å². The second-order valence-corrected chi connectivity index (χ2v) is 6.70. The molecule has 1 heterocycles. The van der Waals surface area contributed by atoms with Crippen LogP contribution in [0, 0.1) is 0 Å². The molecule has 2 N–H and O–H groups in total. The van der Waals surface area contributed by atoms with E-state index >= 15 is 0 Å². The molecule has 0 aromatic heterocycles. The van der Waals surface area contributed by atoms with Gasteiger partial charge in [-0.2, -0.15) is 0 Å². The average Bonchev–Trinajstić information content (AvgIpc) is 2.91. The Hall–Kier alpha value is -1.75. The molecule has 0 saturated carbocycles. The van der Waals surface area contributed by atoms with Crippen molar-refractivity contribution in [3.8, 4) is 5.75 Å². The van der Waals surface area contributed by atoms with Crippen molar-refractivity contribution in [1.82, 2.24) is 4.90 Å². The number of benzene rings is 1. The molecule has 5 heteroatoms. The number of amides is 1. The van der Waals surface area contributed by atoms with Gasteiger partial charge < -0.3 is 15.2 Å². The fraction of sp³-hybridized carbons (Fsp3) is 0.588. The molecule has 0 spiro atoms. The van der Waals surface area contributed by atoms with Gasteiger partial charge in [-0.15, -0.1) is 0 Å². The Morgan fingerprint density at radius 2 is 1.95 bits per heavy atom. The van der Waals surface area contributed by atoms with Crippen LogP contribution in [0.5, 0.6) is 5.75 Å². The maximum absolute atomic E-state index is 12.6. The Labute approximate surface area is 132 Å². The highest BCUT2D eigenvalue weighted by Gasteiger charge is 2.45. The monoisotopic (exact) mass is 306 g/mol. The summed E-state index contributed by atoms with van der Waals surface area (Å²) in [4.78, 5) is 14.3. The highest BCUT2D eigenvalue weighted by atomic mass is 16.6. The maximum Gasteiger partial charge on any atom is 0.411 e. The molecule has 1 saturated heterocycles. The Morgan fingerprint density at radius 3 is 2.45 bits per heavy atom. The van der Waals surface area contributed by atoms with Gasteiger partial charge in [0.15, 0.2) is 0 Å². The van der Waals surface area contributed by atoms with Crippen molar-refractivity contribution < 1.29 is 14.3 Å². The van der Waals surface area contributed by atoms with E-state index in [2.05, 4.69) is 0 Å². The molecular weight excluding hydrogens is 280 g/mol. The zero-order valence-electron chi connectivity index (χ0n) is 13.9. The number of methoxy groups -OCH3 is 1. The van der Waals surface area contributed by atoms with Gasteiger partial charge in [-0.25, -0.2) is 4.79 Å². The molecule has 1 amide bonds. The lowest BCUT2D eigenvalue weighted by Crippen LogP contribution is -2.51. The first-order chi connectivity index (χ1) is 10.3. The maximum atomic E-state index is 12.6. The fourth-order valence-corrected chi connectivity index (χ4v) is 2.99. The molecule has 1 unspecified atom stereocenters. The molecule has 0 bridgehead atoms. The molecule has 122 valence electrons. The minimum absolute atomic E-state index is 0.300. The lowest BCUT2D eigenvalue weighted by molar-refractivity contribution is 0.00823. The summed E-state index contributed by atoms with van der Waals surface area (Å²) in [6.45, 7) is 6.66. The quantitative estimate of drug-likeness (QED) is 0.932. The van der Waals surface area contributed by atoms with E-state index in [9.17, 15) is 4.79 Å². The summed E-state index contributed by atoms with van der Waals surface area (Å²) in [6, 6.07) is 7.76. The first-order valence-electron chi connectivity index (χ1n) is 7.67. The number of nitrogens with zero attached hydrogens (tertiary/aromatic N) is 1. The summed E-state index contributed by atoms with van der Waals surface area (Å²) in [6.07, 6.45) is 1.46. The highest BCUT2D eigenvalue weighted by molar-refractivity contribution is 5.70. The molecule has 5 nitrogen and oxygen atoms in total. The molecule has 2 rings (SSSR count). The van der Waals surface area contributed by atoms with E-state index in [0.29, 0.717) is 13.1 Å². The van der Waals surface area contributed by atoms with Crippen molar-refractivity contribution in [2.45, 2.75) is 44.8 Å². The highest BCUT2D eigenvalue weighted by Crippen LogP contribution is 2.39. The standard InChI is InChI=1S/C17H26N2O3/c1-16(2,3)22-15(20)19-11-5-10-17(19,12-18)13-6-8-14(21-4)9-7-13/h6-9H,5,10-12,18H2,1-4H3. The van der Waals surface area contributed by atoms with Gasteiger partial charge in [0.1, 0.15) is 11.4 Å². The van der Waals surface area contributed by atoms with Gasteiger partial charge in [-0.1, -0.05) is 12.1 Å². The smallest absolute Gasteiger partial charge is 0.411 e. The average molecular weight is 306 g/mol. The van der Waals surface area contributed by atoms with Gasteiger partial charge in [-0.3, -0.25) is 4.90 Å². The topological polar surface area (TPSA) is 64.8 Å². The van der Waals surface area contributed by atoms with E-state index in [1.165, 1.54) is 0 Å². The normalized spacial score (nSPS) is 21.8. The number of carbonyl (C=O) groups is 1. The van der Waals surface area contributed by atoms with Crippen LogP contribution in [0.2, 0.25) is 0 Å². The molecular formula is C17H26N2O3. The molecule has 1 aromatic carbocycles. The first kappa shape index (κ1) is 16.6. The third-order valence-electron chi connectivity index (χ3n) is 4.07. The fourth-order valence-electron chi connectivity index (χ4n) is 2.99. The van der Waals surface area contributed by atoms with Gasteiger partial charge in [0.2, 0.25) is 0 Å². The molecule has 22 heavy (non-hydrogen) atoms. The minimum Gasteiger partial charge on any atom is -0.497 e. The Bertz CT molecular complexity index is 522. The summed E-state index contributed by atoms with van der Waals surface area (Å²) in [7, 11) is 1.64. The third-order valence-corrected chi connectivity index (χ3v) is 4.07. The van der Waals surface area contributed by atoms with Crippen LogP contribution in [0.1, 0.15) is 39.2 Å². The number of nitrogens with two attached hydrogens (primary N) is 1. The van der Waals surface area contributed by atoms with E-state index in [1.807, 2.05) is 45.0 Å². The van der Waals surface area contributed by atoms with Crippen molar-refractivity contribution in [1.29, 1.82) is 0 Å². The van der Waals surface area contributed by atoms with Gasteiger partial charge in [-0.05, 0) is 51.3 Å². The molecule has 1 aliphatic heterocycles. The summed E-state index contributed by atoms with van der Waals surface area (Å²) < 4.78 is 10.8. The van der Waals surface area contributed by atoms with Crippen LogP contribution < -0.4 is 10.5 Å². The number of carbonyl (C=O) groups excluding carboxylic acids is 1. The lowest BCUT2D eigenvalue weighted by atomic mass is 9.87. The van der Waals surface area contributed by atoms with Crippen molar-refractivity contribution in [3.05, 3.63) is 29.8 Å². The van der Waals surface area contributed by atoms with Crippen LogP contribution in [0.3, 0.4) is 0 Å². The zero-order chi connectivity index (χ0) is 16.4. The second-order valence-electron chi connectivity index (χ2n) is 6.70. The Morgan fingerprint density at radius 1 is 1.32 bits per heavy atom. The number of ether oxygens (including phenoxy) is 2. The number of rotatable bonds is 3. The predicted octanol–water partition coefficient (Wildman–Crippen LogP) is 2.88. The van der Waals surface area contributed by atoms with Gasteiger partial charge in [0.05, 0.1) is 12.6 Å². The van der Waals surface area contributed by atoms with Crippen LogP contribution in [0.4, 0.5) is 4.79 Å². The van der Waals surface area contributed by atoms with Gasteiger partial charge >= 0.3 is 6.09 Å². The van der Waals surface area contributed by atoms with Gasteiger partial charge in [0.25, 0.3) is 0 Å². The van der Waals surface area contributed by atoms with E-state index in [4.69, 9.17) is 15.2 Å². The Kier molecular flexibility index (Phi) is 4.66. The molecule has 0 radical (unpaired) electrons. The molecule has 0 aliphatic carbocycles. The molecule has 1 aliphatic rings. The van der Waals surface area contributed by atoms with E-state index in [0.717, 1.165) is 24.2 Å². The Balaban J connectivity index is 2.31. The van der Waals surface area contributed by atoms with Crippen molar-refractivity contribution in [2.75, 3.05) is 20.2 Å². The number of hydrogen-bond acceptors (Lipinski definition) is 4. The van der Waals surface area contributed by atoms with Crippen LogP contribution in [0.25, 0.3) is 0 Å². The van der Waals surface area contributed by atoms with E-state index in [1.54, 1.807) is 12.0 Å². The zero-order valence-corrected chi connectivity index (χ0v) is 13.9. The van der Waals surface area contributed by atoms with Crippen LogP contribution >= 0.6 is 0 Å². The van der Waals surface area contributed by atoms with Crippen LogP contribution in [-0.4, -0.2) is 36.8 Å². The molecule has 1 atom stereocenters. The summed E-state index contributed by atoms with van der Waals surface area (Å²) in [5.41, 5.74) is 6.10. The van der Waals surface area contributed by atoms with Crippen molar-refractivity contribution in [3.63, 3.8) is 0 Å². The second kappa shape index (κ2) is 6.16. The third kappa shape index (κ3) is 3.19.